The number of carbonyl (C=O) groups excluding carboxylic acids is 3. The van der Waals surface area contributed by atoms with E-state index in [1.807, 2.05) is 21.1 Å². The minimum Gasteiger partial charge on any atom is -0.545 e. The van der Waals surface area contributed by atoms with Crippen LogP contribution in [0.2, 0.25) is 0 Å². The number of carbonyl (C=O) groups is 3. The Morgan fingerprint density at radius 1 is 0.313 bits per heavy atom. The molecule has 0 radical (unpaired) electrons. The van der Waals surface area contributed by atoms with Crippen LogP contribution in [-0.2, 0) is 33.3 Å². The summed E-state index contributed by atoms with van der Waals surface area (Å²) in [5, 5.41) is 11.9. The van der Waals surface area contributed by atoms with Gasteiger partial charge in [-0.1, -0.05) is 366 Å². The maximum absolute atomic E-state index is 12.9. The first-order chi connectivity index (χ1) is 48.6. The molecule has 0 fully saturated rings. The lowest BCUT2D eigenvalue weighted by molar-refractivity contribution is -0.870. The highest BCUT2D eigenvalue weighted by Gasteiger charge is 2.22. The zero-order valence-corrected chi connectivity index (χ0v) is 65.1. The number of rotatable bonds is 76. The number of carboxylic acid groups (broad SMARTS) is 1. The Morgan fingerprint density at radius 3 is 0.889 bits per heavy atom. The van der Waals surface area contributed by atoms with E-state index < -0.39 is 24.3 Å². The normalized spacial score (nSPS) is 13.3. The number of nitrogens with zero attached hydrogens (tertiary/aromatic N) is 1. The van der Waals surface area contributed by atoms with Crippen molar-refractivity contribution in [3.05, 3.63) is 134 Å². The third-order valence-corrected chi connectivity index (χ3v) is 17.9. The molecule has 0 aromatic heterocycles. The number of esters is 2. The molecule has 0 aromatic carbocycles. The Balaban J connectivity index is 4.06. The predicted molar refractivity (Wildman–Crippen MR) is 426 cm³/mol. The second kappa shape index (κ2) is 79.1. The third kappa shape index (κ3) is 80.6. The fourth-order valence-corrected chi connectivity index (χ4v) is 11.6. The molecule has 0 aliphatic heterocycles. The summed E-state index contributed by atoms with van der Waals surface area (Å²) in [5.41, 5.74) is 0. The van der Waals surface area contributed by atoms with Crippen LogP contribution in [-0.4, -0.2) is 82.3 Å². The summed E-state index contributed by atoms with van der Waals surface area (Å²) in [5.74, 6) is -2.34. The van der Waals surface area contributed by atoms with E-state index in [1.165, 1.54) is 231 Å². The highest BCUT2D eigenvalue weighted by molar-refractivity contribution is 5.70. The quantitative estimate of drug-likeness (QED) is 0.0195. The van der Waals surface area contributed by atoms with Gasteiger partial charge in [-0.25, -0.2) is 0 Å². The molecule has 0 saturated heterocycles. The van der Waals surface area contributed by atoms with Crippen molar-refractivity contribution in [3.63, 3.8) is 0 Å². The van der Waals surface area contributed by atoms with Crippen molar-refractivity contribution >= 4 is 17.9 Å². The van der Waals surface area contributed by atoms with Crippen LogP contribution >= 0.6 is 0 Å². The molecule has 0 heterocycles. The fourth-order valence-electron chi connectivity index (χ4n) is 11.6. The lowest BCUT2D eigenvalue weighted by Crippen LogP contribution is -2.44. The van der Waals surface area contributed by atoms with Crippen LogP contribution < -0.4 is 5.11 Å². The Morgan fingerprint density at radius 2 is 0.576 bits per heavy atom. The summed E-state index contributed by atoms with van der Waals surface area (Å²) in [4.78, 5) is 37.6. The van der Waals surface area contributed by atoms with E-state index in [1.54, 1.807) is 0 Å². The molecule has 0 aliphatic rings. The SMILES string of the molecule is CC/C=C\C/C=C\C/C=C\C/C=C\C/C=C\C/C=C\C/C=C\C/C=C\C/C=C\C/C=C\CCCCC(=O)OC(COC(=O)CCCCCCCCCCCCCCCCCCCCCCCCCCCCCCC/C=C\CCCCCCCCCC)COC(OCC[N+](C)(C)C)C(=O)[O-]. The molecule has 0 N–H and O–H groups in total. The first-order valence-electron chi connectivity index (χ1n) is 41.3. The summed E-state index contributed by atoms with van der Waals surface area (Å²) in [6.07, 6.45) is 112. The second-order valence-corrected chi connectivity index (χ2v) is 28.7. The molecule has 2 unspecified atom stereocenters. The molecule has 0 bridgehead atoms. The zero-order chi connectivity index (χ0) is 71.8. The minimum atomic E-state index is -1.64. The summed E-state index contributed by atoms with van der Waals surface area (Å²) < 4.78 is 22.8. The molecular formula is C90H155NO8. The van der Waals surface area contributed by atoms with Crippen molar-refractivity contribution in [3.8, 4) is 0 Å². The van der Waals surface area contributed by atoms with Gasteiger partial charge in [0.05, 0.1) is 40.3 Å². The Kier molecular flexibility index (Phi) is 75.5. The molecule has 0 rings (SSSR count). The number of allylic oxidation sites excluding steroid dienone is 22. The van der Waals surface area contributed by atoms with Crippen molar-refractivity contribution in [1.82, 2.24) is 0 Å². The Bertz CT molecular complexity index is 2100. The van der Waals surface area contributed by atoms with Gasteiger partial charge in [-0.05, 0) is 116 Å². The molecule has 0 aliphatic carbocycles. The maximum atomic E-state index is 12.9. The van der Waals surface area contributed by atoms with Gasteiger partial charge in [0.15, 0.2) is 12.4 Å². The van der Waals surface area contributed by atoms with Gasteiger partial charge in [0.25, 0.3) is 0 Å². The maximum Gasteiger partial charge on any atom is 0.306 e. The van der Waals surface area contributed by atoms with Gasteiger partial charge >= 0.3 is 11.9 Å². The Hall–Kier alpha value is -4.57. The van der Waals surface area contributed by atoms with E-state index in [2.05, 4.69) is 148 Å². The number of ether oxygens (including phenoxy) is 4. The fraction of sp³-hybridized carbons (Fsp3) is 0.722. The van der Waals surface area contributed by atoms with Crippen molar-refractivity contribution in [2.75, 3.05) is 47.5 Å². The molecule has 99 heavy (non-hydrogen) atoms. The van der Waals surface area contributed by atoms with Crippen molar-refractivity contribution in [2.45, 2.75) is 373 Å². The Labute approximate surface area is 611 Å². The largest absolute Gasteiger partial charge is 0.545 e. The summed E-state index contributed by atoms with van der Waals surface area (Å²) in [6, 6.07) is 0. The van der Waals surface area contributed by atoms with Gasteiger partial charge < -0.3 is 33.3 Å². The number of aliphatic carboxylic acids is 1. The van der Waals surface area contributed by atoms with Gasteiger partial charge in [0.2, 0.25) is 0 Å². The molecule has 9 nitrogen and oxygen atoms in total. The first-order valence-corrected chi connectivity index (χ1v) is 41.3. The van der Waals surface area contributed by atoms with Crippen LogP contribution in [0.15, 0.2) is 134 Å². The van der Waals surface area contributed by atoms with E-state index in [-0.39, 0.29) is 38.6 Å². The van der Waals surface area contributed by atoms with Crippen LogP contribution in [0.5, 0.6) is 0 Å². The lowest BCUT2D eigenvalue weighted by atomic mass is 10.0. The van der Waals surface area contributed by atoms with Crippen LogP contribution in [0.4, 0.5) is 0 Å². The summed E-state index contributed by atoms with van der Waals surface area (Å²) >= 11 is 0. The number of likely N-dealkylation sites (N-methyl/N-ethyl adjacent to an activating group) is 1. The third-order valence-electron chi connectivity index (χ3n) is 17.9. The van der Waals surface area contributed by atoms with E-state index in [0.29, 0.717) is 17.4 Å². The average Bonchev–Trinajstić information content (AvgIpc) is 1.57. The minimum absolute atomic E-state index is 0.134. The van der Waals surface area contributed by atoms with Crippen molar-refractivity contribution in [2.24, 2.45) is 0 Å². The van der Waals surface area contributed by atoms with Crippen LogP contribution in [0.25, 0.3) is 0 Å². The average molecular weight is 1380 g/mol. The van der Waals surface area contributed by atoms with Gasteiger partial charge in [-0.15, -0.1) is 0 Å². The van der Waals surface area contributed by atoms with Crippen LogP contribution in [0, 0.1) is 0 Å². The van der Waals surface area contributed by atoms with Gasteiger partial charge in [-0.2, -0.15) is 0 Å². The monoisotopic (exact) mass is 1380 g/mol. The van der Waals surface area contributed by atoms with E-state index in [4.69, 9.17) is 18.9 Å². The highest BCUT2D eigenvalue weighted by atomic mass is 16.7. The molecule has 0 spiro atoms. The predicted octanol–water partition coefficient (Wildman–Crippen LogP) is 25.5. The molecule has 2 atom stereocenters. The van der Waals surface area contributed by atoms with Crippen LogP contribution in [0.1, 0.15) is 361 Å². The zero-order valence-electron chi connectivity index (χ0n) is 65.1. The van der Waals surface area contributed by atoms with Crippen molar-refractivity contribution in [1.29, 1.82) is 0 Å². The van der Waals surface area contributed by atoms with Crippen molar-refractivity contribution < 1.29 is 42.9 Å². The molecule has 9 heteroatoms. The molecule has 0 aromatic rings. The van der Waals surface area contributed by atoms with Crippen LogP contribution in [0.3, 0.4) is 0 Å². The second-order valence-electron chi connectivity index (χ2n) is 28.7. The lowest BCUT2D eigenvalue weighted by Gasteiger charge is -2.26. The molecule has 568 valence electrons. The highest BCUT2D eigenvalue weighted by Crippen LogP contribution is 2.19. The van der Waals surface area contributed by atoms with E-state index in [0.717, 1.165) is 96.3 Å². The molecular weight excluding hydrogens is 1220 g/mol. The number of unbranched alkanes of at least 4 members (excludes halogenated alkanes) is 39. The van der Waals surface area contributed by atoms with Gasteiger partial charge in [0.1, 0.15) is 13.2 Å². The number of quaternary nitrogens is 1. The standard InChI is InChI=1S/C90H155NO8/c1-6-8-10-12-14-16-18-20-22-24-26-28-30-32-34-36-38-40-41-42-43-44-45-46-47-49-50-52-54-56-58-60-62-64-66-68-70-72-74-76-78-80-87(92)97-84-86(85-98-90(89(94)95)96-83-82-91(3,4)5)99-88(93)81-79-77-75-73-71-69-67-65-63-61-59-57-55-53-51-48-39-37-35-33-31-29-27-25-23-21-19-17-15-13-11-9-7-2/h9,11,15,17,21,23-24,26-27,29,33,35,39,48,53,55,59,61,65,67,71,73,86,90H,6-8,10,12-14,16,18-20,22,25,28,30-32,34,36-38,40-47,49-52,54,56-58,60,62-64,66,68-70,72,74-85H2,1-5H3/b11-9-,17-15-,23-21-,26-24-,29-27-,35-33-,48-39-,55-53-,61-59-,67-65-,73-71-. The molecule has 0 amide bonds. The summed E-state index contributed by atoms with van der Waals surface area (Å²) in [6.45, 7) is 4.61. The number of hydrogen-bond acceptors (Lipinski definition) is 8. The van der Waals surface area contributed by atoms with Gasteiger partial charge in [-0.3, -0.25) is 9.59 Å². The first kappa shape index (κ1) is 94.4. The summed E-state index contributed by atoms with van der Waals surface area (Å²) in [7, 11) is 5.92. The number of hydrogen-bond donors (Lipinski definition) is 0. The topological polar surface area (TPSA) is 111 Å². The number of carboxylic acids is 1. The van der Waals surface area contributed by atoms with Gasteiger partial charge in [0, 0.05) is 12.8 Å². The smallest absolute Gasteiger partial charge is 0.306 e. The molecule has 0 saturated carbocycles. The van der Waals surface area contributed by atoms with E-state index in [9.17, 15) is 19.5 Å². The van der Waals surface area contributed by atoms with E-state index >= 15 is 0 Å².